The van der Waals surface area contributed by atoms with Crippen LogP contribution in [0.4, 0.5) is 0 Å². The molecule has 0 aliphatic carbocycles. The summed E-state index contributed by atoms with van der Waals surface area (Å²) in [6.07, 6.45) is 6.32. The minimum Gasteiger partial charge on any atom is -0.493 e. The number of terminal acetylenes is 1. The zero-order valence-corrected chi connectivity index (χ0v) is 12.6. The molecule has 1 aromatic carbocycles. The van der Waals surface area contributed by atoms with E-state index in [4.69, 9.17) is 15.9 Å². The smallest absolute Gasteiger partial charge is 0.162 e. The molecular formula is C16H24N2O2. The number of ether oxygens (including phenoxy) is 2. The molecule has 0 saturated heterocycles. The normalized spacial score (nSPS) is 10.3. The van der Waals surface area contributed by atoms with Gasteiger partial charge in [0.1, 0.15) is 6.61 Å². The number of nitrogens with zero attached hydrogens (tertiary/aromatic N) is 1. The van der Waals surface area contributed by atoms with Crippen LogP contribution in [0, 0.1) is 12.3 Å². The molecule has 110 valence electrons. The lowest BCUT2D eigenvalue weighted by atomic mass is 10.2. The van der Waals surface area contributed by atoms with Crippen LogP contribution >= 0.6 is 0 Å². The Morgan fingerprint density at radius 3 is 2.75 bits per heavy atom. The maximum Gasteiger partial charge on any atom is 0.162 e. The van der Waals surface area contributed by atoms with Crippen molar-refractivity contribution in [3.8, 4) is 23.8 Å². The van der Waals surface area contributed by atoms with Crippen molar-refractivity contribution in [1.29, 1.82) is 0 Å². The Kier molecular flexibility index (Phi) is 7.56. The number of hydrogen-bond donors (Lipinski definition) is 1. The fraction of sp³-hybridized carbons (Fsp3) is 0.500. The summed E-state index contributed by atoms with van der Waals surface area (Å²) in [7, 11) is 5.80. The second-order valence-electron chi connectivity index (χ2n) is 4.81. The highest BCUT2D eigenvalue weighted by Gasteiger charge is 2.05. The van der Waals surface area contributed by atoms with Gasteiger partial charge in [0, 0.05) is 6.54 Å². The zero-order valence-electron chi connectivity index (χ0n) is 12.6. The van der Waals surface area contributed by atoms with Crippen molar-refractivity contribution in [1.82, 2.24) is 10.2 Å². The molecule has 0 aromatic heterocycles. The lowest BCUT2D eigenvalue weighted by molar-refractivity contribution is 0.330. The third kappa shape index (κ3) is 5.96. The number of hydrogen-bond acceptors (Lipinski definition) is 4. The molecule has 0 saturated carbocycles. The van der Waals surface area contributed by atoms with Crippen molar-refractivity contribution in [2.75, 3.05) is 40.9 Å². The van der Waals surface area contributed by atoms with Crippen molar-refractivity contribution < 1.29 is 9.47 Å². The fourth-order valence-corrected chi connectivity index (χ4v) is 1.81. The van der Waals surface area contributed by atoms with Gasteiger partial charge in [-0.15, -0.1) is 6.42 Å². The summed E-state index contributed by atoms with van der Waals surface area (Å²) in [6.45, 7) is 3.16. The van der Waals surface area contributed by atoms with Crippen molar-refractivity contribution in [3.05, 3.63) is 23.8 Å². The second-order valence-corrected chi connectivity index (χ2v) is 4.81. The lowest BCUT2D eigenvalue weighted by Crippen LogP contribution is -2.21. The second kappa shape index (κ2) is 9.24. The molecule has 0 aliphatic heterocycles. The molecule has 20 heavy (non-hydrogen) atoms. The molecule has 0 unspecified atom stereocenters. The molecule has 0 fully saturated rings. The number of rotatable bonds is 9. The van der Waals surface area contributed by atoms with E-state index in [-0.39, 0.29) is 6.61 Å². The SMILES string of the molecule is C#CCOc1ccc(CNCCCN(C)C)cc1OC. The van der Waals surface area contributed by atoms with Crippen LogP contribution in [-0.4, -0.2) is 45.8 Å². The molecule has 1 aromatic rings. The Bertz CT molecular complexity index is 439. The third-order valence-corrected chi connectivity index (χ3v) is 2.83. The van der Waals surface area contributed by atoms with Crippen LogP contribution in [-0.2, 0) is 6.54 Å². The lowest BCUT2D eigenvalue weighted by Gasteiger charge is -2.12. The molecule has 0 heterocycles. The molecule has 0 radical (unpaired) electrons. The quantitative estimate of drug-likeness (QED) is 0.550. The van der Waals surface area contributed by atoms with Crippen LogP contribution in [0.5, 0.6) is 11.5 Å². The summed E-state index contributed by atoms with van der Waals surface area (Å²) in [5, 5.41) is 3.42. The first-order chi connectivity index (χ1) is 9.67. The van der Waals surface area contributed by atoms with E-state index in [1.807, 2.05) is 18.2 Å². The third-order valence-electron chi connectivity index (χ3n) is 2.83. The van der Waals surface area contributed by atoms with Gasteiger partial charge in [-0.25, -0.2) is 0 Å². The van der Waals surface area contributed by atoms with E-state index in [1.165, 1.54) is 5.56 Å². The van der Waals surface area contributed by atoms with E-state index in [9.17, 15) is 0 Å². The van der Waals surface area contributed by atoms with Gasteiger partial charge >= 0.3 is 0 Å². The van der Waals surface area contributed by atoms with E-state index in [1.54, 1.807) is 7.11 Å². The maximum absolute atomic E-state index is 5.41. The first kappa shape index (κ1) is 16.4. The van der Waals surface area contributed by atoms with Crippen LogP contribution in [0.3, 0.4) is 0 Å². The Labute approximate surface area is 122 Å². The van der Waals surface area contributed by atoms with Gasteiger partial charge in [0.05, 0.1) is 7.11 Å². The zero-order chi connectivity index (χ0) is 14.8. The molecule has 0 aliphatic rings. The molecular weight excluding hydrogens is 252 g/mol. The first-order valence-electron chi connectivity index (χ1n) is 6.76. The highest BCUT2D eigenvalue weighted by molar-refractivity contribution is 5.43. The summed E-state index contributed by atoms with van der Waals surface area (Å²) < 4.78 is 10.7. The van der Waals surface area contributed by atoms with Crippen LogP contribution < -0.4 is 14.8 Å². The largest absolute Gasteiger partial charge is 0.493 e. The fourth-order valence-electron chi connectivity index (χ4n) is 1.81. The van der Waals surface area contributed by atoms with Gasteiger partial charge in [0.25, 0.3) is 0 Å². The molecule has 0 amide bonds. The van der Waals surface area contributed by atoms with Gasteiger partial charge in [0.2, 0.25) is 0 Å². The van der Waals surface area contributed by atoms with Crippen molar-refractivity contribution in [3.63, 3.8) is 0 Å². The van der Waals surface area contributed by atoms with Gasteiger partial charge < -0.3 is 19.7 Å². The highest BCUT2D eigenvalue weighted by atomic mass is 16.5. The van der Waals surface area contributed by atoms with Crippen LogP contribution in [0.1, 0.15) is 12.0 Å². The predicted molar refractivity (Wildman–Crippen MR) is 82.2 cm³/mol. The Hall–Kier alpha value is -1.70. The monoisotopic (exact) mass is 276 g/mol. The van der Waals surface area contributed by atoms with Crippen LogP contribution in [0.25, 0.3) is 0 Å². The first-order valence-corrected chi connectivity index (χ1v) is 6.76. The Morgan fingerprint density at radius 2 is 2.10 bits per heavy atom. The van der Waals surface area contributed by atoms with Crippen LogP contribution in [0.2, 0.25) is 0 Å². The number of nitrogens with one attached hydrogen (secondary N) is 1. The van der Waals surface area contributed by atoms with Gasteiger partial charge in [-0.05, 0) is 51.3 Å². The molecule has 4 heteroatoms. The predicted octanol–water partition coefficient (Wildman–Crippen LogP) is 1.75. The summed E-state index contributed by atoms with van der Waals surface area (Å²) in [5.41, 5.74) is 1.17. The maximum atomic E-state index is 5.41. The summed E-state index contributed by atoms with van der Waals surface area (Å²) in [6, 6.07) is 5.89. The van der Waals surface area contributed by atoms with E-state index in [0.717, 1.165) is 26.1 Å². The average molecular weight is 276 g/mol. The number of benzene rings is 1. The molecule has 4 nitrogen and oxygen atoms in total. The van der Waals surface area contributed by atoms with Crippen LogP contribution in [0.15, 0.2) is 18.2 Å². The standard InChI is InChI=1S/C16H24N2O2/c1-5-11-20-15-8-7-14(12-16(15)19-4)13-17-9-6-10-18(2)3/h1,7-8,12,17H,6,9-11,13H2,2-4H3. The van der Waals surface area contributed by atoms with Gasteiger partial charge in [0.15, 0.2) is 11.5 Å². The van der Waals surface area contributed by atoms with Crippen molar-refractivity contribution >= 4 is 0 Å². The molecule has 0 bridgehead atoms. The minimum absolute atomic E-state index is 0.249. The molecule has 0 atom stereocenters. The average Bonchev–Trinajstić information content (AvgIpc) is 2.44. The van der Waals surface area contributed by atoms with Gasteiger partial charge in [-0.1, -0.05) is 12.0 Å². The minimum atomic E-state index is 0.249. The van der Waals surface area contributed by atoms with E-state index in [2.05, 4.69) is 30.2 Å². The van der Waals surface area contributed by atoms with E-state index < -0.39 is 0 Å². The van der Waals surface area contributed by atoms with E-state index in [0.29, 0.717) is 11.5 Å². The summed E-state index contributed by atoms with van der Waals surface area (Å²) in [4.78, 5) is 2.18. The van der Waals surface area contributed by atoms with Gasteiger partial charge in [-0.2, -0.15) is 0 Å². The van der Waals surface area contributed by atoms with Crippen molar-refractivity contribution in [2.45, 2.75) is 13.0 Å². The summed E-state index contributed by atoms with van der Waals surface area (Å²) in [5.74, 6) is 3.84. The topological polar surface area (TPSA) is 33.7 Å². The summed E-state index contributed by atoms with van der Waals surface area (Å²) >= 11 is 0. The molecule has 1 rings (SSSR count). The van der Waals surface area contributed by atoms with E-state index >= 15 is 0 Å². The van der Waals surface area contributed by atoms with Crippen molar-refractivity contribution in [2.24, 2.45) is 0 Å². The Balaban J connectivity index is 2.45. The molecule has 0 spiro atoms. The molecule has 1 N–H and O–H groups in total. The van der Waals surface area contributed by atoms with Gasteiger partial charge in [-0.3, -0.25) is 0 Å². The number of methoxy groups -OCH3 is 1. The highest BCUT2D eigenvalue weighted by Crippen LogP contribution is 2.27. The Morgan fingerprint density at radius 1 is 1.30 bits per heavy atom.